The Kier molecular flexibility index (Phi) is 4.80. The number of carbonyl (C=O) groups excluding carboxylic acids is 1. The molecule has 1 amide bonds. The van der Waals surface area contributed by atoms with Crippen LogP contribution in [0.25, 0.3) is 0 Å². The number of hydrogen-bond donors (Lipinski definition) is 1. The van der Waals surface area contributed by atoms with Crippen LogP contribution in [-0.4, -0.2) is 11.9 Å². The van der Waals surface area contributed by atoms with Gasteiger partial charge in [0.15, 0.2) is 0 Å². The van der Waals surface area contributed by atoms with Gasteiger partial charge in [-0.3, -0.25) is 4.79 Å². The molecule has 4 heteroatoms. The van der Waals surface area contributed by atoms with E-state index in [9.17, 15) is 4.79 Å². The van der Waals surface area contributed by atoms with Crippen LogP contribution in [0.15, 0.2) is 51.6 Å². The first-order valence-corrected chi connectivity index (χ1v) is 7.03. The average molecular weight is 322 g/mol. The smallest absolute Gasteiger partial charge is 0.251 e. The molecule has 0 fully saturated rings. The summed E-state index contributed by atoms with van der Waals surface area (Å²) in [6.07, 6.45) is 3.35. The quantitative estimate of drug-likeness (QED) is 0.910. The molecule has 1 aromatic heterocycles. The third-order valence-electron chi connectivity index (χ3n) is 2.89. The van der Waals surface area contributed by atoms with Gasteiger partial charge in [0.25, 0.3) is 5.91 Å². The fourth-order valence-electron chi connectivity index (χ4n) is 1.79. The van der Waals surface area contributed by atoms with E-state index in [1.54, 1.807) is 18.4 Å². The molecule has 3 nitrogen and oxygen atoms in total. The lowest BCUT2D eigenvalue weighted by Crippen LogP contribution is -2.32. The Morgan fingerprint density at radius 2 is 2.05 bits per heavy atom. The Morgan fingerprint density at radius 3 is 2.68 bits per heavy atom. The van der Waals surface area contributed by atoms with Crippen LogP contribution in [0.3, 0.4) is 0 Å². The number of benzene rings is 1. The summed E-state index contributed by atoms with van der Waals surface area (Å²) in [5.74, 6) is 0.907. The van der Waals surface area contributed by atoms with Crippen LogP contribution in [0.4, 0.5) is 0 Å². The van der Waals surface area contributed by atoms with E-state index < -0.39 is 0 Å². The highest BCUT2D eigenvalue weighted by Crippen LogP contribution is 2.11. The summed E-state index contributed by atoms with van der Waals surface area (Å²) >= 11 is 3.35. The Hall–Kier alpha value is -1.55. The van der Waals surface area contributed by atoms with Gasteiger partial charge >= 0.3 is 0 Å². The Labute approximate surface area is 121 Å². The molecule has 19 heavy (non-hydrogen) atoms. The number of amides is 1. The fraction of sp³-hybridized carbons (Fsp3) is 0.267. The highest BCUT2D eigenvalue weighted by molar-refractivity contribution is 9.10. The molecule has 100 valence electrons. The molecule has 0 aliphatic heterocycles. The van der Waals surface area contributed by atoms with Gasteiger partial charge in [-0.25, -0.2) is 0 Å². The van der Waals surface area contributed by atoms with Gasteiger partial charge in [0.05, 0.1) is 6.26 Å². The number of carbonyl (C=O) groups is 1. The molecule has 0 unspecified atom stereocenters. The third kappa shape index (κ3) is 4.24. The lowest BCUT2D eigenvalue weighted by Gasteiger charge is -2.13. The summed E-state index contributed by atoms with van der Waals surface area (Å²) in [5, 5.41) is 2.98. The fourth-order valence-corrected chi connectivity index (χ4v) is 2.06. The van der Waals surface area contributed by atoms with E-state index in [2.05, 4.69) is 21.2 Å². The minimum absolute atomic E-state index is 0.0422. The molecule has 0 saturated carbocycles. The highest BCUT2D eigenvalue weighted by atomic mass is 79.9. The molecule has 2 rings (SSSR count). The van der Waals surface area contributed by atoms with Crippen molar-refractivity contribution in [1.29, 1.82) is 0 Å². The molecule has 0 saturated heterocycles. The number of rotatable bonds is 5. The second-order valence-corrected chi connectivity index (χ2v) is 5.42. The monoisotopic (exact) mass is 321 g/mol. The van der Waals surface area contributed by atoms with Crippen LogP contribution < -0.4 is 5.32 Å². The van der Waals surface area contributed by atoms with E-state index in [0.717, 1.165) is 23.1 Å². The average Bonchev–Trinajstić information content (AvgIpc) is 2.90. The summed E-state index contributed by atoms with van der Waals surface area (Å²) in [7, 11) is 0. The van der Waals surface area contributed by atoms with Gasteiger partial charge in [0, 0.05) is 22.5 Å². The van der Waals surface area contributed by atoms with E-state index in [4.69, 9.17) is 4.42 Å². The zero-order chi connectivity index (χ0) is 13.7. The normalized spacial score (nSPS) is 12.1. The van der Waals surface area contributed by atoms with Crippen molar-refractivity contribution in [2.75, 3.05) is 0 Å². The Morgan fingerprint density at radius 1 is 1.32 bits per heavy atom. The van der Waals surface area contributed by atoms with Crippen molar-refractivity contribution in [2.45, 2.75) is 25.8 Å². The molecule has 1 heterocycles. The molecule has 1 N–H and O–H groups in total. The molecule has 1 atom stereocenters. The zero-order valence-electron chi connectivity index (χ0n) is 10.7. The second kappa shape index (κ2) is 6.57. The molecule has 0 aliphatic carbocycles. The van der Waals surface area contributed by atoms with Gasteiger partial charge in [-0.15, -0.1) is 0 Å². The van der Waals surface area contributed by atoms with Gasteiger partial charge in [-0.2, -0.15) is 0 Å². The van der Waals surface area contributed by atoms with E-state index in [1.165, 1.54) is 0 Å². The number of furan rings is 1. The number of nitrogens with one attached hydrogen (secondary N) is 1. The summed E-state index contributed by atoms with van der Waals surface area (Å²) in [4.78, 5) is 12.0. The van der Waals surface area contributed by atoms with Crippen LogP contribution >= 0.6 is 15.9 Å². The van der Waals surface area contributed by atoms with Crippen LogP contribution in [-0.2, 0) is 6.42 Å². The zero-order valence-corrected chi connectivity index (χ0v) is 12.3. The van der Waals surface area contributed by atoms with Gasteiger partial charge in [-0.05, 0) is 49.7 Å². The molecular formula is C15H16BrNO2. The van der Waals surface area contributed by atoms with Gasteiger partial charge < -0.3 is 9.73 Å². The maximum absolute atomic E-state index is 12.0. The SMILES string of the molecule is C[C@H](CCc1ccco1)NC(=O)c1ccc(Br)cc1. The van der Waals surface area contributed by atoms with E-state index in [0.29, 0.717) is 5.56 Å². The van der Waals surface area contributed by atoms with E-state index in [1.807, 2.05) is 31.2 Å². The minimum Gasteiger partial charge on any atom is -0.469 e. The third-order valence-corrected chi connectivity index (χ3v) is 3.42. The molecule has 2 aromatic rings. The van der Waals surface area contributed by atoms with E-state index >= 15 is 0 Å². The summed E-state index contributed by atoms with van der Waals surface area (Å²) in [5.41, 5.74) is 0.674. The molecule has 0 aliphatic rings. The molecule has 0 spiro atoms. The van der Waals surface area contributed by atoms with Crippen molar-refractivity contribution in [2.24, 2.45) is 0 Å². The van der Waals surface area contributed by atoms with Crippen molar-refractivity contribution < 1.29 is 9.21 Å². The molecule has 0 radical (unpaired) electrons. The van der Waals surface area contributed by atoms with Crippen molar-refractivity contribution >= 4 is 21.8 Å². The number of hydrogen-bond acceptors (Lipinski definition) is 2. The number of aryl methyl sites for hydroxylation is 1. The van der Waals surface area contributed by atoms with E-state index in [-0.39, 0.29) is 11.9 Å². The van der Waals surface area contributed by atoms with Crippen LogP contribution in [0, 0.1) is 0 Å². The predicted molar refractivity (Wildman–Crippen MR) is 78.1 cm³/mol. The largest absolute Gasteiger partial charge is 0.469 e. The standard InChI is InChI=1S/C15H16BrNO2/c1-11(4-9-14-3-2-10-19-14)17-15(18)12-5-7-13(16)8-6-12/h2-3,5-8,10-11H,4,9H2,1H3,(H,17,18)/t11-/m1/s1. The van der Waals surface area contributed by atoms with Gasteiger partial charge in [0.2, 0.25) is 0 Å². The van der Waals surface area contributed by atoms with Gasteiger partial charge in [0.1, 0.15) is 5.76 Å². The lowest BCUT2D eigenvalue weighted by atomic mass is 10.1. The minimum atomic E-state index is -0.0422. The summed E-state index contributed by atoms with van der Waals surface area (Å²) in [6, 6.07) is 11.3. The highest BCUT2D eigenvalue weighted by Gasteiger charge is 2.10. The predicted octanol–water partition coefficient (Wildman–Crippen LogP) is 3.79. The first-order valence-electron chi connectivity index (χ1n) is 6.24. The van der Waals surface area contributed by atoms with Crippen LogP contribution in [0.2, 0.25) is 0 Å². The Balaban J connectivity index is 1.83. The van der Waals surface area contributed by atoms with Crippen LogP contribution in [0.1, 0.15) is 29.5 Å². The topological polar surface area (TPSA) is 42.2 Å². The number of halogens is 1. The maximum atomic E-state index is 12.0. The molecule has 1 aromatic carbocycles. The maximum Gasteiger partial charge on any atom is 0.251 e. The van der Waals surface area contributed by atoms with Crippen molar-refractivity contribution in [3.05, 3.63) is 58.5 Å². The molecule has 0 bridgehead atoms. The first-order chi connectivity index (χ1) is 9.15. The van der Waals surface area contributed by atoms with Crippen LogP contribution in [0.5, 0.6) is 0 Å². The Bertz CT molecular complexity index is 520. The first kappa shape index (κ1) is 13.9. The van der Waals surface area contributed by atoms with Crippen molar-refractivity contribution in [3.63, 3.8) is 0 Å². The summed E-state index contributed by atoms with van der Waals surface area (Å²) in [6.45, 7) is 2.00. The second-order valence-electron chi connectivity index (χ2n) is 4.50. The summed E-state index contributed by atoms with van der Waals surface area (Å²) < 4.78 is 6.24. The lowest BCUT2D eigenvalue weighted by molar-refractivity contribution is 0.0938. The van der Waals surface area contributed by atoms with Crippen molar-refractivity contribution in [1.82, 2.24) is 5.32 Å². The van der Waals surface area contributed by atoms with Gasteiger partial charge in [-0.1, -0.05) is 15.9 Å². The molecular weight excluding hydrogens is 306 g/mol. The van der Waals surface area contributed by atoms with Crippen molar-refractivity contribution in [3.8, 4) is 0 Å².